The summed E-state index contributed by atoms with van der Waals surface area (Å²) in [6.07, 6.45) is 0. The normalized spacial score (nSPS) is 16.0. The van der Waals surface area contributed by atoms with Crippen molar-refractivity contribution in [2.45, 2.75) is 51.0 Å². The Bertz CT molecular complexity index is 1210. The van der Waals surface area contributed by atoms with Crippen LogP contribution in [0.1, 0.15) is 60.9 Å². The lowest BCUT2D eigenvalue weighted by Gasteiger charge is -2.35. The molecule has 1 saturated heterocycles. The van der Waals surface area contributed by atoms with Gasteiger partial charge in [-0.1, -0.05) is 45.0 Å². The van der Waals surface area contributed by atoms with E-state index >= 15 is 0 Å². The highest BCUT2D eigenvalue weighted by Gasteiger charge is 2.32. The Hall–Kier alpha value is -3.04. The molecule has 0 spiro atoms. The predicted molar refractivity (Wildman–Crippen MR) is 134 cm³/mol. The molecule has 0 unspecified atom stereocenters. The van der Waals surface area contributed by atoms with Gasteiger partial charge in [0, 0.05) is 37.3 Å². The molecule has 1 N–H and O–H groups in total. The second-order valence-electron chi connectivity index (χ2n) is 9.84. The number of rotatable bonds is 6. The number of carbonyl (C=O) groups is 3. The van der Waals surface area contributed by atoms with Crippen molar-refractivity contribution in [3.8, 4) is 0 Å². The highest BCUT2D eigenvalue weighted by molar-refractivity contribution is 7.89. The molecule has 188 valence electrons. The Morgan fingerprint density at radius 2 is 1.51 bits per heavy atom. The number of sulfonamides is 1. The molecule has 1 atom stereocenters. The van der Waals surface area contributed by atoms with Crippen LogP contribution in [-0.2, 0) is 20.2 Å². The summed E-state index contributed by atoms with van der Waals surface area (Å²) in [5.41, 5.74) is 1.89. The molecule has 8 nitrogen and oxygen atoms in total. The topological polar surface area (TPSA) is 104 Å². The summed E-state index contributed by atoms with van der Waals surface area (Å²) in [4.78, 5) is 38.8. The largest absolute Gasteiger partial charge is 0.341 e. The van der Waals surface area contributed by atoms with Gasteiger partial charge in [0.1, 0.15) is 6.04 Å². The van der Waals surface area contributed by atoms with Crippen LogP contribution in [0, 0.1) is 0 Å². The molecule has 0 radical (unpaired) electrons. The van der Waals surface area contributed by atoms with Crippen LogP contribution in [0.25, 0.3) is 0 Å². The Kier molecular flexibility index (Phi) is 7.81. The lowest BCUT2D eigenvalue weighted by molar-refractivity contribution is -0.134. The van der Waals surface area contributed by atoms with Gasteiger partial charge in [-0.2, -0.15) is 4.31 Å². The van der Waals surface area contributed by atoms with Gasteiger partial charge in [0.2, 0.25) is 15.9 Å². The lowest BCUT2D eigenvalue weighted by atomic mass is 9.86. The van der Waals surface area contributed by atoms with Crippen LogP contribution in [0.2, 0.25) is 0 Å². The average Bonchev–Trinajstić information content (AvgIpc) is 2.83. The highest BCUT2D eigenvalue weighted by atomic mass is 32.2. The van der Waals surface area contributed by atoms with E-state index in [2.05, 4.69) is 26.1 Å². The van der Waals surface area contributed by atoms with Crippen molar-refractivity contribution in [1.29, 1.82) is 0 Å². The summed E-state index contributed by atoms with van der Waals surface area (Å²) in [7, 11) is -3.78. The van der Waals surface area contributed by atoms with Gasteiger partial charge >= 0.3 is 0 Å². The quantitative estimate of drug-likeness (QED) is 0.616. The molecule has 1 heterocycles. The molecule has 1 aliphatic heterocycles. The molecule has 35 heavy (non-hydrogen) atoms. The molecule has 0 bridgehead atoms. The molecule has 0 aliphatic carbocycles. The van der Waals surface area contributed by atoms with Gasteiger partial charge in [-0.05, 0) is 49.1 Å². The van der Waals surface area contributed by atoms with E-state index in [-0.39, 0.29) is 54.1 Å². The number of benzene rings is 2. The van der Waals surface area contributed by atoms with Crippen LogP contribution in [-0.4, -0.2) is 67.4 Å². The maximum atomic E-state index is 13.0. The number of hydrogen-bond donors (Lipinski definition) is 1. The third-order valence-corrected chi connectivity index (χ3v) is 8.05. The van der Waals surface area contributed by atoms with E-state index in [1.54, 1.807) is 36.1 Å². The zero-order valence-electron chi connectivity index (χ0n) is 20.9. The second kappa shape index (κ2) is 10.3. The van der Waals surface area contributed by atoms with Crippen LogP contribution in [0.5, 0.6) is 0 Å². The highest BCUT2D eigenvalue weighted by Crippen LogP contribution is 2.22. The third-order valence-electron chi connectivity index (χ3n) is 6.16. The zero-order valence-corrected chi connectivity index (χ0v) is 21.7. The Balaban J connectivity index is 1.59. The minimum absolute atomic E-state index is 0.0237. The average molecular weight is 500 g/mol. The molecular weight excluding hydrogens is 466 g/mol. The van der Waals surface area contributed by atoms with Crippen LogP contribution in [0.3, 0.4) is 0 Å². The molecule has 3 rings (SSSR count). The van der Waals surface area contributed by atoms with E-state index in [4.69, 9.17) is 0 Å². The second-order valence-corrected chi connectivity index (χ2v) is 11.8. The summed E-state index contributed by atoms with van der Waals surface area (Å²) in [6, 6.07) is 12.5. The smallest absolute Gasteiger partial charge is 0.251 e. The van der Waals surface area contributed by atoms with Crippen molar-refractivity contribution in [3.05, 3.63) is 65.2 Å². The fourth-order valence-electron chi connectivity index (χ4n) is 3.91. The Morgan fingerprint density at radius 1 is 0.914 bits per heavy atom. The fourth-order valence-corrected chi connectivity index (χ4v) is 5.38. The summed E-state index contributed by atoms with van der Waals surface area (Å²) >= 11 is 0. The first-order chi connectivity index (χ1) is 16.3. The SMILES string of the molecule is CC(=O)c1cccc(S(=O)(=O)N2CCN(C(=O)[C@H](C)NC(=O)c3ccc(C(C)(C)C)cc3)CC2)c1. The maximum Gasteiger partial charge on any atom is 0.251 e. The van der Waals surface area contributed by atoms with E-state index in [1.807, 2.05) is 12.1 Å². The molecule has 0 saturated carbocycles. The van der Waals surface area contributed by atoms with Crippen LogP contribution < -0.4 is 5.32 Å². The number of Topliss-reactive ketones (excluding diaryl/α,β-unsaturated/α-hetero) is 1. The molecule has 1 fully saturated rings. The first-order valence-corrected chi connectivity index (χ1v) is 13.1. The molecule has 1 aliphatic rings. The Labute approximate surface area is 207 Å². The van der Waals surface area contributed by atoms with E-state index in [9.17, 15) is 22.8 Å². The lowest BCUT2D eigenvalue weighted by Crippen LogP contribution is -2.55. The summed E-state index contributed by atoms with van der Waals surface area (Å²) < 4.78 is 27.3. The third kappa shape index (κ3) is 6.15. The number of amides is 2. The molecular formula is C26H33N3O5S. The minimum Gasteiger partial charge on any atom is -0.341 e. The zero-order chi connectivity index (χ0) is 26.0. The first kappa shape index (κ1) is 26.6. The van der Waals surface area contributed by atoms with E-state index in [0.29, 0.717) is 11.1 Å². The van der Waals surface area contributed by atoms with Crippen molar-refractivity contribution in [2.75, 3.05) is 26.2 Å². The number of nitrogens with zero attached hydrogens (tertiary/aromatic N) is 2. The van der Waals surface area contributed by atoms with Gasteiger partial charge in [0.15, 0.2) is 5.78 Å². The number of ketones is 1. The van der Waals surface area contributed by atoms with E-state index < -0.39 is 16.1 Å². The number of piperazine rings is 1. The van der Waals surface area contributed by atoms with Crippen molar-refractivity contribution in [3.63, 3.8) is 0 Å². The van der Waals surface area contributed by atoms with Gasteiger partial charge in [0.25, 0.3) is 5.91 Å². The van der Waals surface area contributed by atoms with Gasteiger partial charge in [0.05, 0.1) is 4.90 Å². The van der Waals surface area contributed by atoms with Crippen LogP contribution in [0.4, 0.5) is 0 Å². The van der Waals surface area contributed by atoms with E-state index in [1.165, 1.54) is 23.4 Å². The number of hydrogen-bond acceptors (Lipinski definition) is 5. The van der Waals surface area contributed by atoms with Gasteiger partial charge in [-0.15, -0.1) is 0 Å². The standard InChI is InChI=1S/C26H33N3O5S/c1-18(27-24(31)20-9-11-22(12-10-20)26(3,4)5)25(32)28-13-15-29(16-14-28)35(33,34)23-8-6-7-21(17-23)19(2)30/h6-12,17-18H,13-16H2,1-5H3,(H,27,31)/t18-/m0/s1. The van der Waals surface area contributed by atoms with Crippen LogP contribution in [0.15, 0.2) is 53.4 Å². The monoisotopic (exact) mass is 499 g/mol. The Morgan fingerprint density at radius 3 is 2.06 bits per heavy atom. The maximum absolute atomic E-state index is 13.0. The summed E-state index contributed by atoms with van der Waals surface area (Å²) in [5.74, 6) is -0.809. The number of carbonyl (C=O) groups excluding carboxylic acids is 3. The van der Waals surface area contributed by atoms with Crippen molar-refractivity contribution >= 4 is 27.6 Å². The molecule has 2 aromatic rings. The van der Waals surface area contributed by atoms with Crippen LogP contribution >= 0.6 is 0 Å². The predicted octanol–water partition coefficient (Wildman–Crippen LogP) is 2.84. The van der Waals surface area contributed by atoms with Gasteiger partial charge in [-0.3, -0.25) is 14.4 Å². The van der Waals surface area contributed by atoms with Crippen molar-refractivity contribution in [1.82, 2.24) is 14.5 Å². The molecule has 2 amide bonds. The van der Waals surface area contributed by atoms with Gasteiger partial charge < -0.3 is 10.2 Å². The minimum atomic E-state index is -3.78. The first-order valence-electron chi connectivity index (χ1n) is 11.6. The van der Waals surface area contributed by atoms with Crippen molar-refractivity contribution in [2.24, 2.45) is 0 Å². The van der Waals surface area contributed by atoms with E-state index in [0.717, 1.165) is 5.56 Å². The summed E-state index contributed by atoms with van der Waals surface area (Å²) in [5, 5.41) is 2.74. The number of nitrogens with one attached hydrogen (secondary N) is 1. The fraction of sp³-hybridized carbons (Fsp3) is 0.423. The van der Waals surface area contributed by atoms with Gasteiger partial charge in [-0.25, -0.2) is 8.42 Å². The molecule has 2 aromatic carbocycles. The van der Waals surface area contributed by atoms with Crippen molar-refractivity contribution < 1.29 is 22.8 Å². The summed E-state index contributed by atoms with van der Waals surface area (Å²) in [6.45, 7) is 9.98. The molecule has 9 heteroatoms. The molecule has 0 aromatic heterocycles.